The lowest BCUT2D eigenvalue weighted by Gasteiger charge is -2.19. The number of amides is 1. The molecule has 1 aliphatic rings. The number of rotatable bonds is 5. The van der Waals surface area contributed by atoms with E-state index in [1.54, 1.807) is 4.90 Å². The Labute approximate surface area is 106 Å². The molecule has 1 fully saturated rings. The molecule has 18 heavy (non-hydrogen) atoms. The van der Waals surface area contributed by atoms with Crippen LogP contribution in [0.15, 0.2) is 24.3 Å². The van der Waals surface area contributed by atoms with Gasteiger partial charge in [0.15, 0.2) is 0 Å². The molecule has 2 N–H and O–H groups in total. The van der Waals surface area contributed by atoms with Crippen LogP contribution in [0.2, 0.25) is 0 Å². The molecule has 0 saturated carbocycles. The SMILES string of the molecule is CCOc1ccc(C(N)CN2CCOC2=O)cc1. The Morgan fingerprint density at radius 2 is 2.17 bits per heavy atom. The molecule has 0 spiro atoms. The molecule has 0 bridgehead atoms. The Morgan fingerprint density at radius 1 is 1.44 bits per heavy atom. The van der Waals surface area contributed by atoms with E-state index >= 15 is 0 Å². The van der Waals surface area contributed by atoms with Crippen LogP contribution in [-0.4, -0.2) is 37.3 Å². The maximum atomic E-state index is 11.3. The van der Waals surface area contributed by atoms with Crippen LogP contribution in [0.25, 0.3) is 0 Å². The minimum absolute atomic E-state index is 0.202. The van der Waals surface area contributed by atoms with Gasteiger partial charge in [-0.3, -0.25) is 0 Å². The molecule has 1 aromatic rings. The molecule has 0 radical (unpaired) electrons. The lowest BCUT2D eigenvalue weighted by Crippen LogP contribution is -2.32. The number of ether oxygens (including phenoxy) is 2. The number of nitrogens with two attached hydrogens (primary N) is 1. The summed E-state index contributed by atoms with van der Waals surface area (Å²) in [4.78, 5) is 12.9. The highest BCUT2D eigenvalue weighted by atomic mass is 16.6. The van der Waals surface area contributed by atoms with Crippen LogP contribution in [0.1, 0.15) is 18.5 Å². The number of nitrogens with zero attached hydrogens (tertiary/aromatic N) is 1. The van der Waals surface area contributed by atoms with E-state index in [2.05, 4.69) is 0 Å². The average Bonchev–Trinajstić information content (AvgIpc) is 2.76. The molecule has 1 unspecified atom stereocenters. The van der Waals surface area contributed by atoms with Crippen LogP contribution in [0, 0.1) is 0 Å². The van der Waals surface area contributed by atoms with Crippen LogP contribution >= 0.6 is 0 Å². The van der Waals surface area contributed by atoms with Gasteiger partial charge in [0.05, 0.1) is 13.2 Å². The molecular weight excluding hydrogens is 232 g/mol. The van der Waals surface area contributed by atoms with Crippen molar-refractivity contribution in [3.63, 3.8) is 0 Å². The Kier molecular flexibility index (Phi) is 4.04. The smallest absolute Gasteiger partial charge is 0.410 e. The first-order valence-electron chi connectivity index (χ1n) is 6.10. The Bertz CT molecular complexity index is 405. The number of benzene rings is 1. The molecular formula is C13H18N2O3. The van der Waals surface area contributed by atoms with Crippen molar-refractivity contribution < 1.29 is 14.3 Å². The highest BCUT2D eigenvalue weighted by Gasteiger charge is 2.24. The molecule has 1 heterocycles. The van der Waals surface area contributed by atoms with Crippen molar-refractivity contribution in [1.29, 1.82) is 0 Å². The zero-order valence-electron chi connectivity index (χ0n) is 10.5. The molecule has 5 heteroatoms. The fourth-order valence-electron chi connectivity index (χ4n) is 1.91. The van der Waals surface area contributed by atoms with E-state index in [9.17, 15) is 4.79 Å². The first-order chi connectivity index (χ1) is 8.70. The van der Waals surface area contributed by atoms with Gasteiger partial charge in [-0.2, -0.15) is 0 Å². The monoisotopic (exact) mass is 250 g/mol. The van der Waals surface area contributed by atoms with Crippen LogP contribution < -0.4 is 10.5 Å². The lowest BCUT2D eigenvalue weighted by molar-refractivity contribution is 0.157. The molecule has 1 amide bonds. The highest BCUT2D eigenvalue weighted by Crippen LogP contribution is 2.18. The molecule has 0 aromatic heterocycles. The van der Waals surface area contributed by atoms with E-state index < -0.39 is 0 Å². The van der Waals surface area contributed by atoms with Crippen LogP contribution in [0.5, 0.6) is 5.75 Å². The summed E-state index contributed by atoms with van der Waals surface area (Å²) in [6, 6.07) is 7.43. The summed E-state index contributed by atoms with van der Waals surface area (Å²) in [5, 5.41) is 0. The first kappa shape index (κ1) is 12.7. The van der Waals surface area contributed by atoms with Crippen molar-refractivity contribution >= 4 is 6.09 Å². The number of hydrogen-bond acceptors (Lipinski definition) is 4. The molecule has 1 saturated heterocycles. The quantitative estimate of drug-likeness (QED) is 0.860. The number of carbonyl (C=O) groups is 1. The predicted octanol–water partition coefficient (Wildman–Crippen LogP) is 1.54. The van der Waals surface area contributed by atoms with Gasteiger partial charge >= 0.3 is 6.09 Å². The van der Waals surface area contributed by atoms with Gasteiger partial charge in [0.25, 0.3) is 0 Å². The van der Waals surface area contributed by atoms with Gasteiger partial charge in [0.1, 0.15) is 12.4 Å². The van der Waals surface area contributed by atoms with E-state index in [1.165, 1.54) is 0 Å². The number of carbonyl (C=O) groups excluding carboxylic acids is 1. The van der Waals surface area contributed by atoms with E-state index in [0.717, 1.165) is 11.3 Å². The molecule has 1 atom stereocenters. The van der Waals surface area contributed by atoms with E-state index in [0.29, 0.717) is 26.3 Å². The summed E-state index contributed by atoms with van der Waals surface area (Å²) in [5.41, 5.74) is 7.06. The van der Waals surface area contributed by atoms with Crippen molar-refractivity contribution in [2.75, 3.05) is 26.3 Å². The maximum Gasteiger partial charge on any atom is 0.410 e. The van der Waals surface area contributed by atoms with Gasteiger partial charge in [-0.1, -0.05) is 12.1 Å². The summed E-state index contributed by atoms with van der Waals surface area (Å²) in [6.07, 6.45) is -0.281. The lowest BCUT2D eigenvalue weighted by atomic mass is 10.1. The van der Waals surface area contributed by atoms with Crippen LogP contribution in [0.4, 0.5) is 4.79 Å². The van der Waals surface area contributed by atoms with Gasteiger partial charge in [-0.25, -0.2) is 4.79 Å². The highest BCUT2D eigenvalue weighted by molar-refractivity contribution is 5.69. The molecule has 1 aliphatic heterocycles. The molecule has 5 nitrogen and oxygen atoms in total. The van der Waals surface area contributed by atoms with E-state index in [4.69, 9.17) is 15.2 Å². The van der Waals surface area contributed by atoms with Crippen LogP contribution in [-0.2, 0) is 4.74 Å². The third-order valence-corrected chi connectivity index (χ3v) is 2.88. The summed E-state index contributed by atoms with van der Waals surface area (Å²) < 4.78 is 10.2. The molecule has 98 valence electrons. The summed E-state index contributed by atoms with van der Waals surface area (Å²) in [5.74, 6) is 0.828. The maximum absolute atomic E-state index is 11.3. The summed E-state index contributed by atoms with van der Waals surface area (Å²) in [6.45, 7) is 4.13. The van der Waals surface area contributed by atoms with Crippen molar-refractivity contribution in [2.45, 2.75) is 13.0 Å². The van der Waals surface area contributed by atoms with Crippen molar-refractivity contribution in [2.24, 2.45) is 5.73 Å². The zero-order chi connectivity index (χ0) is 13.0. The predicted molar refractivity (Wildman–Crippen MR) is 67.5 cm³/mol. The first-order valence-corrected chi connectivity index (χ1v) is 6.10. The molecule has 1 aromatic carbocycles. The third-order valence-electron chi connectivity index (χ3n) is 2.88. The van der Waals surface area contributed by atoms with Crippen LogP contribution in [0.3, 0.4) is 0 Å². The second-order valence-corrected chi connectivity index (χ2v) is 4.17. The van der Waals surface area contributed by atoms with Gasteiger partial charge < -0.3 is 20.1 Å². The minimum atomic E-state index is -0.281. The largest absolute Gasteiger partial charge is 0.494 e. The Hall–Kier alpha value is -1.75. The summed E-state index contributed by atoms with van der Waals surface area (Å²) in [7, 11) is 0. The fraction of sp³-hybridized carbons (Fsp3) is 0.462. The minimum Gasteiger partial charge on any atom is -0.494 e. The third kappa shape index (κ3) is 2.92. The standard InChI is InChI=1S/C13H18N2O3/c1-2-17-11-5-3-10(4-6-11)12(14)9-15-7-8-18-13(15)16/h3-6,12H,2,7-9,14H2,1H3. The van der Waals surface area contributed by atoms with E-state index in [-0.39, 0.29) is 12.1 Å². The van der Waals surface area contributed by atoms with E-state index in [1.807, 2.05) is 31.2 Å². The zero-order valence-corrected chi connectivity index (χ0v) is 10.5. The topological polar surface area (TPSA) is 64.8 Å². The van der Waals surface area contributed by atoms with Crippen molar-refractivity contribution in [1.82, 2.24) is 4.90 Å². The Balaban J connectivity index is 1.95. The second-order valence-electron chi connectivity index (χ2n) is 4.17. The average molecular weight is 250 g/mol. The fourth-order valence-corrected chi connectivity index (χ4v) is 1.91. The Morgan fingerprint density at radius 3 is 2.72 bits per heavy atom. The number of hydrogen-bond donors (Lipinski definition) is 1. The van der Waals surface area contributed by atoms with Gasteiger partial charge in [0, 0.05) is 12.6 Å². The van der Waals surface area contributed by atoms with Crippen molar-refractivity contribution in [3.8, 4) is 5.75 Å². The molecule has 0 aliphatic carbocycles. The second kappa shape index (κ2) is 5.73. The van der Waals surface area contributed by atoms with Gasteiger partial charge in [-0.05, 0) is 24.6 Å². The summed E-state index contributed by atoms with van der Waals surface area (Å²) >= 11 is 0. The molecule has 2 rings (SSSR count). The van der Waals surface area contributed by atoms with Gasteiger partial charge in [0.2, 0.25) is 0 Å². The number of cyclic esters (lactones) is 1. The van der Waals surface area contributed by atoms with Gasteiger partial charge in [-0.15, -0.1) is 0 Å². The van der Waals surface area contributed by atoms with Crippen molar-refractivity contribution in [3.05, 3.63) is 29.8 Å². The normalized spacial score (nSPS) is 16.6.